The van der Waals surface area contributed by atoms with Gasteiger partial charge >= 0.3 is 0 Å². The zero-order valence-electron chi connectivity index (χ0n) is 17.0. The van der Waals surface area contributed by atoms with Gasteiger partial charge in [0.1, 0.15) is 11.6 Å². The smallest absolute Gasteiger partial charge is 0.220 e. The highest BCUT2D eigenvalue weighted by atomic mass is 16.1. The van der Waals surface area contributed by atoms with Crippen molar-refractivity contribution in [3.63, 3.8) is 0 Å². The first-order valence-electron chi connectivity index (χ1n) is 10.5. The third-order valence-electron chi connectivity index (χ3n) is 5.39. The Labute approximate surface area is 179 Å². The van der Waals surface area contributed by atoms with Crippen LogP contribution in [0.3, 0.4) is 0 Å². The quantitative estimate of drug-likeness (QED) is 0.371. The predicted molar refractivity (Wildman–Crippen MR) is 122 cm³/mol. The standard InChI is InChI=1S/C25H23N5O/c31-24(15-14-17-8-2-1-3-9-17)28-22(25-29-20-12-6-7-13-21(20)30-25)16-23-26-18-10-4-5-11-19(18)27-23/h1-13,22H,14-16H2,(H,26,27)(H,28,31)(H,29,30). The molecule has 5 rings (SSSR count). The Morgan fingerprint density at radius 3 is 2.16 bits per heavy atom. The lowest BCUT2D eigenvalue weighted by molar-refractivity contribution is -0.121. The lowest BCUT2D eigenvalue weighted by Gasteiger charge is -2.16. The topological polar surface area (TPSA) is 86.5 Å². The van der Waals surface area contributed by atoms with Gasteiger partial charge in [0, 0.05) is 12.8 Å². The molecule has 1 atom stereocenters. The summed E-state index contributed by atoms with van der Waals surface area (Å²) in [4.78, 5) is 28.9. The summed E-state index contributed by atoms with van der Waals surface area (Å²) in [5, 5.41) is 3.16. The Balaban J connectivity index is 1.38. The number of benzene rings is 3. The number of aromatic amines is 2. The molecule has 154 valence electrons. The van der Waals surface area contributed by atoms with Gasteiger partial charge in [-0.25, -0.2) is 9.97 Å². The Hall–Kier alpha value is -3.93. The van der Waals surface area contributed by atoms with Gasteiger partial charge in [-0.3, -0.25) is 4.79 Å². The fourth-order valence-corrected chi connectivity index (χ4v) is 3.82. The van der Waals surface area contributed by atoms with E-state index in [0.717, 1.165) is 39.3 Å². The molecule has 0 aliphatic rings. The van der Waals surface area contributed by atoms with Crippen molar-refractivity contribution in [2.24, 2.45) is 0 Å². The van der Waals surface area contributed by atoms with Crippen LogP contribution in [0.1, 0.15) is 29.7 Å². The van der Waals surface area contributed by atoms with E-state index in [9.17, 15) is 4.79 Å². The van der Waals surface area contributed by atoms with Crippen LogP contribution in [0.4, 0.5) is 0 Å². The largest absolute Gasteiger partial charge is 0.346 e. The summed E-state index contributed by atoms with van der Waals surface area (Å²) in [6, 6.07) is 25.5. The second kappa shape index (κ2) is 8.44. The molecule has 0 fully saturated rings. The van der Waals surface area contributed by atoms with Gasteiger partial charge in [-0.1, -0.05) is 54.6 Å². The van der Waals surface area contributed by atoms with Crippen LogP contribution >= 0.6 is 0 Å². The molecule has 0 bridgehead atoms. The highest BCUT2D eigenvalue weighted by Gasteiger charge is 2.21. The second-order valence-corrected chi connectivity index (χ2v) is 7.65. The molecule has 2 aromatic heterocycles. The van der Waals surface area contributed by atoms with Crippen molar-refractivity contribution in [1.29, 1.82) is 0 Å². The van der Waals surface area contributed by atoms with E-state index in [1.165, 1.54) is 0 Å². The van der Waals surface area contributed by atoms with Crippen molar-refractivity contribution in [1.82, 2.24) is 25.3 Å². The molecule has 0 aliphatic heterocycles. The van der Waals surface area contributed by atoms with Gasteiger partial charge < -0.3 is 15.3 Å². The van der Waals surface area contributed by atoms with Crippen LogP contribution in [0.15, 0.2) is 78.9 Å². The number of nitrogens with zero attached hydrogens (tertiary/aromatic N) is 2. The van der Waals surface area contributed by atoms with Gasteiger partial charge in [0.05, 0.1) is 28.1 Å². The number of H-pyrrole nitrogens is 2. The summed E-state index contributed by atoms with van der Waals surface area (Å²) in [7, 11) is 0. The average molecular weight is 409 g/mol. The first kappa shape index (κ1) is 19.1. The number of hydrogen-bond donors (Lipinski definition) is 3. The van der Waals surface area contributed by atoms with Crippen LogP contribution in [0, 0.1) is 0 Å². The van der Waals surface area contributed by atoms with Crippen molar-refractivity contribution >= 4 is 28.0 Å². The first-order chi connectivity index (χ1) is 15.2. The summed E-state index contributed by atoms with van der Waals surface area (Å²) in [5.74, 6) is 1.54. The first-order valence-corrected chi connectivity index (χ1v) is 10.5. The summed E-state index contributed by atoms with van der Waals surface area (Å²) in [6.45, 7) is 0. The maximum Gasteiger partial charge on any atom is 0.220 e. The SMILES string of the molecule is O=C(CCc1ccccc1)NC(Cc1nc2ccccc2[nH]1)c1nc2ccccc2[nH]1. The maximum atomic E-state index is 12.8. The highest BCUT2D eigenvalue weighted by Crippen LogP contribution is 2.21. The minimum atomic E-state index is -0.309. The number of para-hydroxylation sites is 4. The normalized spacial score (nSPS) is 12.3. The van der Waals surface area contributed by atoms with Crippen LogP contribution < -0.4 is 5.32 Å². The number of aromatic nitrogens is 4. The Morgan fingerprint density at radius 1 is 0.806 bits per heavy atom. The van der Waals surface area contributed by atoms with E-state index in [4.69, 9.17) is 4.98 Å². The lowest BCUT2D eigenvalue weighted by Crippen LogP contribution is -2.31. The molecule has 6 nitrogen and oxygen atoms in total. The summed E-state index contributed by atoms with van der Waals surface area (Å²) < 4.78 is 0. The molecule has 6 heteroatoms. The number of imidazole rings is 2. The van der Waals surface area contributed by atoms with E-state index >= 15 is 0 Å². The van der Waals surface area contributed by atoms with Crippen molar-refractivity contribution < 1.29 is 4.79 Å². The maximum absolute atomic E-state index is 12.8. The van der Waals surface area contributed by atoms with E-state index in [1.807, 2.05) is 78.9 Å². The van der Waals surface area contributed by atoms with E-state index in [1.54, 1.807) is 0 Å². The van der Waals surface area contributed by atoms with Crippen LogP contribution in [0.5, 0.6) is 0 Å². The molecule has 0 aliphatic carbocycles. The van der Waals surface area contributed by atoms with Crippen molar-refractivity contribution in [2.45, 2.75) is 25.3 Å². The van der Waals surface area contributed by atoms with Gasteiger partial charge in [-0.05, 0) is 36.2 Å². The van der Waals surface area contributed by atoms with Gasteiger partial charge in [-0.2, -0.15) is 0 Å². The predicted octanol–water partition coefficient (Wildman–Crippen LogP) is 4.47. The molecule has 3 aromatic carbocycles. The molecule has 0 saturated heterocycles. The van der Waals surface area contributed by atoms with Crippen molar-refractivity contribution in [3.05, 3.63) is 96.1 Å². The number of carbonyl (C=O) groups excluding carboxylic acids is 1. The summed E-state index contributed by atoms with van der Waals surface area (Å²) >= 11 is 0. The molecular formula is C25H23N5O. The minimum Gasteiger partial charge on any atom is -0.346 e. The molecule has 0 spiro atoms. The van der Waals surface area contributed by atoms with E-state index < -0.39 is 0 Å². The zero-order valence-corrected chi connectivity index (χ0v) is 17.0. The molecule has 0 radical (unpaired) electrons. The third-order valence-corrected chi connectivity index (χ3v) is 5.39. The van der Waals surface area contributed by atoms with Crippen molar-refractivity contribution in [3.8, 4) is 0 Å². The van der Waals surface area contributed by atoms with E-state index in [2.05, 4.69) is 20.3 Å². The molecule has 5 aromatic rings. The van der Waals surface area contributed by atoms with Gasteiger partial charge in [0.25, 0.3) is 0 Å². The number of aryl methyl sites for hydroxylation is 1. The number of nitrogens with one attached hydrogen (secondary N) is 3. The molecule has 2 heterocycles. The molecule has 0 saturated carbocycles. The highest BCUT2D eigenvalue weighted by molar-refractivity contribution is 5.78. The molecule has 3 N–H and O–H groups in total. The number of carbonyl (C=O) groups is 1. The fraction of sp³-hybridized carbons (Fsp3) is 0.160. The van der Waals surface area contributed by atoms with Crippen LogP contribution in [0.2, 0.25) is 0 Å². The van der Waals surface area contributed by atoms with Gasteiger partial charge in [-0.15, -0.1) is 0 Å². The Kier molecular flexibility index (Phi) is 5.19. The Bertz CT molecular complexity index is 1260. The average Bonchev–Trinajstić information content (AvgIpc) is 3.41. The summed E-state index contributed by atoms with van der Waals surface area (Å²) in [6.07, 6.45) is 1.64. The van der Waals surface area contributed by atoms with Crippen LogP contribution in [-0.4, -0.2) is 25.8 Å². The van der Waals surface area contributed by atoms with Gasteiger partial charge in [0.2, 0.25) is 5.91 Å². The minimum absolute atomic E-state index is 0.00887. The zero-order chi connectivity index (χ0) is 21.0. The monoisotopic (exact) mass is 409 g/mol. The van der Waals surface area contributed by atoms with E-state index in [0.29, 0.717) is 19.3 Å². The number of amides is 1. The fourth-order valence-electron chi connectivity index (χ4n) is 3.82. The van der Waals surface area contributed by atoms with Crippen LogP contribution in [0.25, 0.3) is 22.1 Å². The van der Waals surface area contributed by atoms with Crippen molar-refractivity contribution in [2.75, 3.05) is 0 Å². The molecular weight excluding hydrogens is 386 g/mol. The molecule has 1 unspecified atom stereocenters. The van der Waals surface area contributed by atoms with E-state index in [-0.39, 0.29) is 11.9 Å². The van der Waals surface area contributed by atoms with Crippen LogP contribution in [-0.2, 0) is 17.6 Å². The Morgan fingerprint density at radius 2 is 1.45 bits per heavy atom. The number of hydrogen-bond acceptors (Lipinski definition) is 3. The number of fused-ring (bicyclic) bond motifs is 2. The second-order valence-electron chi connectivity index (χ2n) is 7.65. The molecule has 1 amide bonds. The summed E-state index contributed by atoms with van der Waals surface area (Å²) in [5.41, 5.74) is 4.87. The lowest BCUT2D eigenvalue weighted by atomic mass is 10.1. The number of rotatable bonds is 7. The third kappa shape index (κ3) is 4.33. The van der Waals surface area contributed by atoms with Gasteiger partial charge in [0.15, 0.2) is 0 Å². The molecule has 31 heavy (non-hydrogen) atoms.